The van der Waals surface area contributed by atoms with Crippen LogP contribution in [0, 0.1) is 5.82 Å². The van der Waals surface area contributed by atoms with E-state index in [1.54, 1.807) is 24.5 Å². The van der Waals surface area contributed by atoms with E-state index in [-0.39, 0.29) is 24.1 Å². The highest BCUT2D eigenvalue weighted by atomic mass is 19.1. The fourth-order valence-corrected chi connectivity index (χ4v) is 3.71. The Hall–Kier alpha value is -3.47. The molecule has 1 amide bonds. The maximum absolute atomic E-state index is 13.5. The number of aryl methyl sites for hydroxylation is 1. The van der Waals surface area contributed by atoms with Gasteiger partial charge in [-0.05, 0) is 47.0 Å². The molecular weight excluding hydrogens is 365 g/mol. The van der Waals surface area contributed by atoms with Gasteiger partial charge in [-0.3, -0.25) is 9.78 Å². The Morgan fingerprint density at radius 1 is 1.07 bits per heavy atom. The lowest BCUT2D eigenvalue weighted by Crippen LogP contribution is -2.25. The predicted molar refractivity (Wildman–Crippen MR) is 112 cm³/mol. The number of halogens is 1. The van der Waals surface area contributed by atoms with Crippen molar-refractivity contribution < 1.29 is 9.18 Å². The first-order chi connectivity index (χ1) is 14.1. The first kappa shape index (κ1) is 18.9. The number of amides is 1. The van der Waals surface area contributed by atoms with Crippen LogP contribution in [0.2, 0.25) is 0 Å². The molecule has 0 radical (unpaired) electrons. The summed E-state index contributed by atoms with van der Waals surface area (Å²) in [4.78, 5) is 16.8. The van der Waals surface area contributed by atoms with E-state index < -0.39 is 0 Å². The zero-order chi connectivity index (χ0) is 20.2. The second-order valence-electron chi connectivity index (χ2n) is 7.15. The highest BCUT2D eigenvalue weighted by Crippen LogP contribution is 2.34. The van der Waals surface area contributed by atoms with E-state index in [9.17, 15) is 9.18 Å². The van der Waals surface area contributed by atoms with Crippen LogP contribution in [-0.4, -0.2) is 15.5 Å². The van der Waals surface area contributed by atoms with Gasteiger partial charge in [0, 0.05) is 55.4 Å². The summed E-state index contributed by atoms with van der Waals surface area (Å²) in [5, 5.41) is 4.09. The van der Waals surface area contributed by atoms with Crippen molar-refractivity contribution in [1.82, 2.24) is 14.9 Å². The fourth-order valence-electron chi connectivity index (χ4n) is 3.71. The van der Waals surface area contributed by atoms with Gasteiger partial charge in [0.05, 0.1) is 0 Å². The van der Waals surface area contributed by atoms with Crippen molar-refractivity contribution in [3.05, 3.63) is 102 Å². The predicted octanol–water partition coefficient (Wildman–Crippen LogP) is 4.55. The van der Waals surface area contributed by atoms with E-state index in [1.807, 2.05) is 31.3 Å². The Labute approximate surface area is 169 Å². The average Bonchev–Trinajstić information content (AvgIpc) is 3.09. The molecule has 1 N–H and O–H groups in total. The van der Waals surface area contributed by atoms with Crippen molar-refractivity contribution >= 4 is 16.8 Å². The van der Waals surface area contributed by atoms with Crippen molar-refractivity contribution in [2.75, 3.05) is 0 Å². The monoisotopic (exact) mass is 387 g/mol. The summed E-state index contributed by atoms with van der Waals surface area (Å²) in [6.45, 7) is 0.451. The number of fused-ring (bicyclic) bond motifs is 1. The smallest absolute Gasteiger partial charge is 0.221 e. The number of para-hydroxylation sites is 1. The van der Waals surface area contributed by atoms with Gasteiger partial charge in [-0.25, -0.2) is 4.39 Å². The second kappa shape index (κ2) is 8.27. The molecule has 4 rings (SSSR count). The normalized spacial score (nSPS) is 12.1. The number of benzene rings is 2. The summed E-state index contributed by atoms with van der Waals surface area (Å²) in [7, 11) is 2.00. The number of carbonyl (C=O) groups is 1. The van der Waals surface area contributed by atoms with E-state index in [4.69, 9.17) is 0 Å². The Morgan fingerprint density at radius 2 is 1.79 bits per heavy atom. The van der Waals surface area contributed by atoms with E-state index in [2.05, 4.69) is 33.2 Å². The molecular formula is C24H22FN3O. The van der Waals surface area contributed by atoms with Crippen molar-refractivity contribution in [2.45, 2.75) is 18.9 Å². The minimum Gasteiger partial charge on any atom is -0.352 e. The number of aromatic nitrogens is 2. The SMILES string of the molecule is Cn1cc(C(CC(=O)NCc2ccncc2)c2ccc(F)cc2)c2ccccc21. The number of rotatable bonds is 6. The number of carbonyl (C=O) groups excluding carboxylic acids is 1. The highest BCUT2D eigenvalue weighted by Gasteiger charge is 2.22. The standard InChI is InChI=1S/C24H22FN3O/c1-28-16-22(20-4-2-3-5-23(20)28)21(18-6-8-19(25)9-7-18)14-24(29)27-15-17-10-12-26-13-11-17/h2-13,16,21H,14-15H2,1H3,(H,27,29). The molecule has 4 nitrogen and oxygen atoms in total. The third-order valence-corrected chi connectivity index (χ3v) is 5.20. The minimum absolute atomic E-state index is 0.0518. The Morgan fingerprint density at radius 3 is 2.55 bits per heavy atom. The van der Waals surface area contributed by atoms with Gasteiger partial charge in [0.2, 0.25) is 5.91 Å². The molecule has 2 aromatic heterocycles. The van der Waals surface area contributed by atoms with E-state index in [0.29, 0.717) is 6.54 Å². The Kier molecular flexibility index (Phi) is 5.38. The van der Waals surface area contributed by atoms with Crippen LogP contribution in [0.3, 0.4) is 0 Å². The van der Waals surface area contributed by atoms with Crippen molar-refractivity contribution in [2.24, 2.45) is 7.05 Å². The van der Waals surface area contributed by atoms with Gasteiger partial charge in [-0.1, -0.05) is 30.3 Å². The van der Waals surface area contributed by atoms with Gasteiger partial charge in [-0.2, -0.15) is 0 Å². The fraction of sp³-hybridized carbons (Fsp3) is 0.167. The molecule has 0 aliphatic rings. The van der Waals surface area contributed by atoms with Crippen LogP contribution in [0.25, 0.3) is 10.9 Å². The van der Waals surface area contributed by atoms with Crippen molar-refractivity contribution in [1.29, 1.82) is 0 Å². The molecule has 146 valence electrons. The van der Waals surface area contributed by atoms with Gasteiger partial charge in [0.15, 0.2) is 0 Å². The first-order valence-corrected chi connectivity index (χ1v) is 9.57. The summed E-state index contributed by atoms with van der Waals surface area (Å²) in [5.74, 6) is -0.504. The molecule has 0 saturated heterocycles. The summed E-state index contributed by atoms with van der Waals surface area (Å²) in [6, 6.07) is 18.3. The number of nitrogens with one attached hydrogen (secondary N) is 1. The topological polar surface area (TPSA) is 46.9 Å². The van der Waals surface area contributed by atoms with Crippen LogP contribution < -0.4 is 5.32 Å². The van der Waals surface area contributed by atoms with E-state index in [1.165, 1.54) is 12.1 Å². The molecule has 29 heavy (non-hydrogen) atoms. The number of hydrogen-bond donors (Lipinski definition) is 1. The minimum atomic E-state index is -0.285. The zero-order valence-corrected chi connectivity index (χ0v) is 16.2. The number of pyridine rings is 1. The summed E-state index contributed by atoms with van der Waals surface area (Å²) in [5.41, 5.74) is 4.08. The maximum atomic E-state index is 13.5. The molecule has 5 heteroatoms. The molecule has 4 aromatic rings. The molecule has 1 unspecified atom stereocenters. The van der Waals surface area contributed by atoms with Crippen LogP contribution >= 0.6 is 0 Å². The van der Waals surface area contributed by atoms with Gasteiger partial charge in [0.1, 0.15) is 5.82 Å². The highest BCUT2D eigenvalue weighted by molar-refractivity contribution is 5.86. The summed E-state index contributed by atoms with van der Waals surface area (Å²) in [6.07, 6.45) is 5.76. The molecule has 0 aliphatic heterocycles. The molecule has 2 aromatic carbocycles. The van der Waals surface area contributed by atoms with Crippen LogP contribution in [0.5, 0.6) is 0 Å². The quantitative estimate of drug-likeness (QED) is 0.528. The van der Waals surface area contributed by atoms with Crippen molar-refractivity contribution in [3.63, 3.8) is 0 Å². The van der Waals surface area contributed by atoms with E-state index >= 15 is 0 Å². The lowest BCUT2D eigenvalue weighted by molar-refractivity contribution is -0.121. The average molecular weight is 387 g/mol. The zero-order valence-electron chi connectivity index (χ0n) is 16.2. The molecule has 2 heterocycles. The Balaban J connectivity index is 1.63. The molecule has 0 aliphatic carbocycles. The van der Waals surface area contributed by atoms with Crippen LogP contribution in [0.15, 0.2) is 79.3 Å². The number of nitrogens with zero attached hydrogens (tertiary/aromatic N) is 2. The van der Waals surface area contributed by atoms with Gasteiger partial charge < -0.3 is 9.88 Å². The largest absolute Gasteiger partial charge is 0.352 e. The Bertz CT molecular complexity index is 1120. The van der Waals surface area contributed by atoms with Crippen LogP contribution in [0.4, 0.5) is 4.39 Å². The molecule has 0 saturated carbocycles. The first-order valence-electron chi connectivity index (χ1n) is 9.57. The lowest BCUT2D eigenvalue weighted by Gasteiger charge is -2.17. The van der Waals surface area contributed by atoms with Gasteiger partial charge >= 0.3 is 0 Å². The number of hydrogen-bond acceptors (Lipinski definition) is 2. The molecule has 0 fully saturated rings. The van der Waals surface area contributed by atoms with Crippen LogP contribution in [-0.2, 0) is 18.4 Å². The van der Waals surface area contributed by atoms with E-state index in [0.717, 1.165) is 27.6 Å². The van der Waals surface area contributed by atoms with Crippen molar-refractivity contribution in [3.8, 4) is 0 Å². The maximum Gasteiger partial charge on any atom is 0.221 e. The third kappa shape index (κ3) is 4.19. The second-order valence-corrected chi connectivity index (χ2v) is 7.15. The van der Waals surface area contributed by atoms with Gasteiger partial charge in [0.25, 0.3) is 0 Å². The van der Waals surface area contributed by atoms with Gasteiger partial charge in [-0.15, -0.1) is 0 Å². The lowest BCUT2D eigenvalue weighted by atomic mass is 9.88. The summed E-state index contributed by atoms with van der Waals surface area (Å²) < 4.78 is 15.6. The van der Waals surface area contributed by atoms with Crippen LogP contribution in [0.1, 0.15) is 29.0 Å². The molecule has 1 atom stereocenters. The molecule has 0 spiro atoms. The summed E-state index contributed by atoms with van der Waals surface area (Å²) >= 11 is 0. The molecule has 0 bridgehead atoms. The third-order valence-electron chi connectivity index (χ3n) is 5.20.